The summed E-state index contributed by atoms with van der Waals surface area (Å²) in [4.78, 5) is 98.0. The van der Waals surface area contributed by atoms with Crippen molar-refractivity contribution in [3.8, 4) is 0 Å². The molecule has 1 N–H and O–H groups in total. The maximum atomic E-state index is 14.6. The molecular weight excluding hydrogens is 711 g/mol. The van der Waals surface area contributed by atoms with Crippen LogP contribution in [0.3, 0.4) is 0 Å². The minimum atomic E-state index is -3.75. The van der Waals surface area contributed by atoms with Crippen molar-refractivity contribution in [2.24, 2.45) is 45.8 Å². The third-order valence-corrected chi connectivity index (χ3v) is 14.8. The summed E-state index contributed by atoms with van der Waals surface area (Å²) >= 11 is 0. The first-order chi connectivity index (χ1) is 25.0. The average Bonchev–Trinajstić information content (AvgIpc) is 3.89. The van der Waals surface area contributed by atoms with Gasteiger partial charge in [0.1, 0.15) is 5.78 Å². The first-order valence-electron chi connectivity index (χ1n) is 20.2. The van der Waals surface area contributed by atoms with Crippen LogP contribution in [0.15, 0.2) is 0 Å². The van der Waals surface area contributed by atoms with Crippen LogP contribution in [-0.4, -0.2) is 95.9 Å². The molecule has 0 aromatic heterocycles. The molecule has 5 aliphatic rings. The van der Waals surface area contributed by atoms with Gasteiger partial charge >= 0.3 is 0 Å². The second kappa shape index (κ2) is 15.9. The van der Waals surface area contributed by atoms with Crippen molar-refractivity contribution in [3.05, 3.63) is 0 Å². The summed E-state index contributed by atoms with van der Waals surface area (Å²) < 4.78 is 27.1. The molecule has 12 nitrogen and oxygen atoms in total. The van der Waals surface area contributed by atoms with Crippen molar-refractivity contribution >= 4 is 50.8 Å². The molecule has 0 unspecified atom stereocenters. The zero-order valence-corrected chi connectivity index (χ0v) is 34.4. The number of rotatable bonds is 9. The minimum absolute atomic E-state index is 0.00364. The van der Waals surface area contributed by atoms with Crippen molar-refractivity contribution in [1.82, 2.24) is 15.1 Å². The molecule has 3 saturated heterocycles. The molecular formula is C41H63N3O9S. The highest BCUT2D eigenvalue weighted by molar-refractivity contribution is 7.91. The van der Waals surface area contributed by atoms with Gasteiger partial charge < -0.3 is 10.2 Å². The average molecular weight is 774 g/mol. The van der Waals surface area contributed by atoms with Gasteiger partial charge in [-0.3, -0.25) is 38.5 Å². The molecule has 0 aromatic carbocycles. The molecule has 0 bridgehead atoms. The van der Waals surface area contributed by atoms with Crippen LogP contribution in [0.25, 0.3) is 0 Å². The number of hydrogen-bond donors (Lipinski definition) is 1. The molecule has 0 spiro atoms. The molecule has 302 valence electrons. The van der Waals surface area contributed by atoms with Crippen LogP contribution in [0.1, 0.15) is 132 Å². The molecule has 2 saturated carbocycles. The molecule has 5 fully saturated rings. The van der Waals surface area contributed by atoms with E-state index in [1.807, 2.05) is 48.5 Å². The molecule has 3 aliphatic heterocycles. The summed E-state index contributed by atoms with van der Waals surface area (Å²) in [5, 5.41) is 2.76. The third-order valence-electron chi connectivity index (χ3n) is 13.0. The van der Waals surface area contributed by atoms with E-state index in [9.17, 15) is 42.0 Å². The number of fused-ring (bicyclic) bond motifs is 3. The van der Waals surface area contributed by atoms with Crippen LogP contribution < -0.4 is 5.32 Å². The third kappa shape index (κ3) is 10.1. The zero-order valence-electron chi connectivity index (χ0n) is 33.5. The molecule has 54 heavy (non-hydrogen) atoms. The van der Waals surface area contributed by atoms with Gasteiger partial charge in [0.2, 0.25) is 23.5 Å². The predicted octanol–water partition coefficient (Wildman–Crippen LogP) is 4.46. The maximum Gasteiger partial charge on any atom is 0.287 e. The Morgan fingerprint density at radius 3 is 2.11 bits per heavy atom. The van der Waals surface area contributed by atoms with Crippen LogP contribution in [0.2, 0.25) is 0 Å². The summed E-state index contributed by atoms with van der Waals surface area (Å²) in [5.74, 6) is -6.29. The summed E-state index contributed by atoms with van der Waals surface area (Å²) in [6.45, 7) is 13.9. The number of hydrogen-bond acceptors (Lipinski definition) is 9. The Labute approximate surface area is 321 Å². The van der Waals surface area contributed by atoms with Crippen molar-refractivity contribution in [2.75, 3.05) is 24.6 Å². The van der Waals surface area contributed by atoms with E-state index in [-0.39, 0.29) is 97.6 Å². The van der Waals surface area contributed by atoms with Crippen molar-refractivity contribution in [2.45, 2.75) is 144 Å². The monoisotopic (exact) mass is 773 g/mol. The Morgan fingerprint density at radius 1 is 0.889 bits per heavy atom. The normalized spacial score (nSPS) is 31.0. The van der Waals surface area contributed by atoms with Gasteiger partial charge in [0, 0.05) is 57.2 Å². The Balaban J connectivity index is 1.39. The number of carbonyl (C=O) groups excluding carboxylic acids is 7. The van der Waals surface area contributed by atoms with Crippen molar-refractivity contribution < 1.29 is 42.0 Å². The molecule has 0 aromatic rings. The number of nitrogens with zero attached hydrogens (tertiary/aromatic N) is 2. The second-order valence-corrected chi connectivity index (χ2v) is 21.9. The highest BCUT2D eigenvalue weighted by atomic mass is 32.2. The Bertz CT molecular complexity index is 1620. The fraction of sp³-hybridized carbons (Fsp3) is 0.829. The molecule has 13 heteroatoms. The van der Waals surface area contributed by atoms with E-state index in [1.54, 1.807) is 0 Å². The van der Waals surface area contributed by atoms with Crippen LogP contribution in [0, 0.1) is 45.8 Å². The molecule has 2 aliphatic carbocycles. The number of nitrogens with one attached hydrogen (secondary N) is 1. The number of amides is 4. The predicted molar refractivity (Wildman–Crippen MR) is 202 cm³/mol. The van der Waals surface area contributed by atoms with Crippen molar-refractivity contribution in [1.29, 1.82) is 0 Å². The number of ketones is 3. The van der Waals surface area contributed by atoms with Crippen LogP contribution in [-0.2, 0) is 43.4 Å². The molecule has 0 radical (unpaired) electrons. The van der Waals surface area contributed by atoms with Gasteiger partial charge in [0.25, 0.3) is 5.91 Å². The lowest BCUT2D eigenvalue weighted by atomic mass is 9.75. The summed E-state index contributed by atoms with van der Waals surface area (Å²) in [6.07, 6.45) is 4.96. The maximum absolute atomic E-state index is 14.6. The first kappa shape index (κ1) is 42.2. The quantitative estimate of drug-likeness (QED) is 0.262. The largest absolute Gasteiger partial charge is 0.347 e. The number of likely N-dealkylation sites (tertiary alicyclic amines) is 1. The summed E-state index contributed by atoms with van der Waals surface area (Å²) in [5.41, 5.74) is -1.18. The van der Waals surface area contributed by atoms with E-state index in [0.717, 1.165) is 25.7 Å². The highest BCUT2D eigenvalue weighted by Crippen LogP contribution is 2.65. The van der Waals surface area contributed by atoms with Gasteiger partial charge in [-0.05, 0) is 59.7 Å². The van der Waals surface area contributed by atoms with Gasteiger partial charge in [-0.1, -0.05) is 74.1 Å². The fourth-order valence-corrected chi connectivity index (χ4v) is 10.9. The van der Waals surface area contributed by atoms with E-state index in [4.69, 9.17) is 0 Å². The Hall–Kier alpha value is -2.96. The van der Waals surface area contributed by atoms with E-state index in [1.165, 1.54) is 9.80 Å². The van der Waals surface area contributed by atoms with Gasteiger partial charge in [-0.2, -0.15) is 0 Å². The van der Waals surface area contributed by atoms with Gasteiger partial charge in [-0.25, -0.2) is 8.42 Å². The van der Waals surface area contributed by atoms with Crippen molar-refractivity contribution in [3.63, 3.8) is 0 Å². The van der Waals surface area contributed by atoms with Crippen LogP contribution in [0.4, 0.5) is 0 Å². The zero-order chi connectivity index (χ0) is 40.0. The lowest BCUT2D eigenvalue weighted by molar-refractivity contribution is -0.154. The molecule has 5 rings (SSSR count). The first-order valence-corrected chi connectivity index (χ1v) is 22.1. The number of piperidine rings is 2. The summed E-state index contributed by atoms with van der Waals surface area (Å²) in [6, 6.07) is -0.883. The fourth-order valence-electron chi connectivity index (χ4n) is 9.24. The van der Waals surface area contributed by atoms with Gasteiger partial charge in [0.15, 0.2) is 15.6 Å². The van der Waals surface area contributed by atoms with E-state index < -0.39 is 67.8 Å². The lowest BCUT2D eigenvalue weighted by Crippen LogP contribution is -2.50. The number of Topliss-reactive ketones (excluding diaryl/α,β-unsaturated/α-hetero) is 3. The minimum Gasteiger partial charge on any atom is -0.347 e. The Morgan fingerprint density at radius 2 is 1.50 bits per heavy atom. The second-order valence-electron chi connectivity index (χ2n) is 19.7. The SMILES string of the molecule is CC1(C)CC(=O)N(C[C@@H](CC(=O)C[C@H]2CS(=O)(=O)CCCCCCC[C@@H](C(=O)C(=O)NC3CC3)CC(=O)[C@@H]3[C@@H]4[C@H](CN3C2=O)C4(C)C)C(C)(C)C)C(=O)C1. The van der Waals surface area contributed by atoms with Gasteiger partial charge in [0.05, 0.1) is 23.5 Å². The summed E-state index contributed by atoms with van der Waals surface area (Å²) in [7, 11) is -3.75. The number of imide groups is 1. The van der Waals surface area contributed by atoms with E-state index >= 15 is 0 Å². The highest BCUT2D eigenvalue weighted by Gasteiger charge is 2.69. The standard InChI is InChI=1S/C41H63N3O9S/c1-39(2,3)27(22-43-32(47)20-40(4,5)21-33(43)48)19-29(45)17-26-24-54(52,53)16-12-10-8-9-11-13-25(36(49)37(50)42-28-14-15-28)18-31(46)35-34-30(41(34,6)7)23-44(35)38(26)51/h25-28,30,34-35H,8-24H2,1-7H3,(H,42,50)/t25-,26+,27-,30+,34+,35-/m1/s1. The topological polar surface area (TPSA) is 172 Å². The lowest BCUT2D eigenvalue weighted by Gasteiger charge is -2.39. The van der Waals surface area contributed by atoms with E-state index in [2.05, 4.69) is 5.32 Å². The molecule has 6 atom stereocenters. The van der Waals surface area contributed by atoms with E-state index in [0.29, 0.717) is 25.7 Å². The molecule has 4 amide bonds. The van der Waals surface area contributed by atoms with Crippen LogP contribution >= 0.6 is 0 Å². The van der Waals surface area contributed by atoms with Gasteiger partial charge in [-0.15, -0.1) is 0 Å². The van der Waals surface area contributed by atoms with Crippen LogP contribution in [0.5, 0.6) is 0 Å². The smallest absolute Gasteiger partial charge is 0.287 e. The number of sulfone groups is 1. The number of carbonyl (C=O) groups is 7. The molecule has 3 heterocycles. The Kier molecular flexibility index (Phi) is 12.4.